The molecule has 0 N–H and O–H groups in total. The normalized spacial score (nSPS) is 13.8. The van der Waals surface area contributed by atoms with E-state index in [1.807, 2.05) is 0 Å². The topological polar surface area (TPSA) is 44.8 Å². The van der Waals surface area contributed by atoms with Crippen LogP contribution >= 0.6 is 7.82 Å². The van der Waals surface area contributed by atoms with Gasteiger partial charge in [0, 0.05) is 33.4 Å². The van der Waals surface area contributed by atoms with E-state index in [-0.39, 0.29) is 32.5 Å². The Morgan fingerprint density at radius 1 is 0.340 bits per heavy atom. The lowest BCUT2D eigenvalue weighted by atomic mass is 9.79. The van der Waals surface area contributed by atoms with E-state index in [9.17, 15) is 0 Å². The lowest BCUT2D eigenvalue weighted by Crippen LogP contribution is -2.24. The zero-order valence-corrected chi connectivity index (χ0v) is 33.7. The Morgan fingerprint density at radius 3 is 0.617 bits per heavy atom. The molecule has 5 heteroatoms. The van der Waals surface area contributed by atoms with E-state index in [2.05, 4.69) is 179 Å². The van der Waals surface area contributed by atoms with Crippen molar-refractivity contribution in [3.63, 3.8) is 0 Å². The van der Waals surface area contributed by atoms with Gasteiger partial charge < -0.3 is 13.6 Å². The van der Waals surface area contributed by atoms with Gasteiger partial charge >= 0.3 is 7.82 Å². The quantitative estimate of drug-likeness (QED) is 0.246. The minimum atomic E-state index is -4.46. The summed E-state index contributed by atoms with van der Waals surface area (Å²) in [6.45, 7) is 38.6. The van der Waals surface area contributed by atoms with Gasteiger partial charge in [-0.3, -0.25) is 0 Å². The van der Waals surface area contributed by atoms with Crippen molar-refractivity contribution in [2.24, 2.45) is 0 Å². The summed E-state index contributed by atoms with van der Waals surface area (Å²) in [5.74, 6) is 1.64. The average Bonchev–Trinajstić information content (AvgIpc) is 2.85. The lowest BCUT2D eigenvalue weighted by molar-refractivity contribution is 0.283. The molecule has 0 amide bonds. The summed E-state index contributed by atoms with van der Waals surface area (Å²) in [7, 11) is -4.46. The third kappa shape index (κ3) is 9.05. The molecule has 0 bridgehead atoms. The number of phosphoric ester groups is 1. The Kier molecular flexibility index (Phi) is 10.4. The van der Waals surface area contributed by atoms with Gasteiger partial charge in [0.1, 0.15) is 17.2 Å². The molecule has 0 saturated heterocycles. The number of benzene rings is 3. The van der Waals surface area contributed by atoms with E-state index >= 15 is 4.57 Å². The molecule has 4 nitrogen and oxygen atoms in total. The first kappa shape index (κ1) is 38.7. The van der Waals surface area contributed by atoms with Crippen LogP contribution in [0, 0.1) is 0 Å². The summed E-state index contributed by atoms with van der Waals surface area (Å²) < 4.78 is 36.7. The third-order valence-corrected chi connectivity index (χ3v) is 9.72. The summed E-state index contributed by atoms with van der Waals surface area (Å²) in [6.07, 6.45) is 0. The summed E-state index contributed by atoms with van der Waals surface area (Å²) in [6, 6.07) is 18.5. The summed E-state index contributed by atoms with van der Waals surface area (Å²) in [4.78, 5) is 0. The standard InChI is InChI=1S/C42H63O4P/c1-37(2,3)28-22-19-23-29(38(4,5)6)34(28)44-47(43,45-35-30(39(7,8)9)24-20-25-31(35)40(10,11)12)46-36-32(41(13,14)15)26-21-27-33(36)42(16,17)18/h19-27H,1-18H3. The largest absolute Gasteiger partial charge is 0.647 e. The summed E-state index contributed by atoms with van der Waals surface area (Å²) in [5, 5.41) is 0. The maximum Gasteiger partial charge on any atom is 0.647 e. The van der Waals surface area contributed by atoms with Crippen LogP contribution in [-0.4, -0.2) is 0 Å². The van der Waals surface area contributed by atoms with Crippen LogP contribution in [0.2, 0.25) is 0 Å². The first-order chi connectivity index (χ1) is 21.0. The zero-order chi connectivity index (χ0) is 36.2. The molecule has 260 valence electrons. The van der Waals surface area contributed by atoms with Crippen molar-refractivity contribution >= 4 is 7.82 Å². The first-order valence-electron chi connectivity index (χ1n) is 17.1. The van der Waals surface area contributed by atoms with Gasteiger partial charge in [-0.2, -0.15) is 4.57 Å². The van der Waals surface area contributed by atoms with Gasteiger partial charge in [-0.05, 0) is 32.5 Å². The zero-order valence-electron chi connectivity index (χ0n) is 32.8. The van der Waals surface area contributed by atoms with Crippen molar-refractivity contribution in [2.75, 3.05) is 0 Å². The highest BCUT2D eigenvalue weighted by Gasteiger charge is 2.43. The highest BCUT2D eigenvalue weighted by molar-refractivity contribution is 7.49. The van der Waals surface area contributed by atoms with E-state index < -0.39 is 7.82 Å². The van der Waals surface area contributed by atoms with E-state index in [1.165, 1.54) is 0 Å². The number of para-hydroxylation sites is 3. The highest BCUT2D eigenvalue weighted by Crippen LogP contribution is 2.58. The smallest absolute Gasteiger partial charge is 0.385 e. The number of hydrogen-bond donors (Lipinski definition) is 0. The molecule has 0 aliphatic carbocycles. The molecule has 3 aromatic carbocycles. The predicted molar refractivity (Wildman–Crippen MR) is 201 cm³/mol. The van der Waals surface area contributed by atoms with Crippen molar-refractivity contribution in [2.45, 2.75) is 157 Å². The fraction of sp³-hybridized carbons (Fsp3) is 0.571. The van der Waals surface area contributed by atoms with Gasteiger partial charge in [-0.15, -0.1) is 0 Å². The van der Waals surface area contributed by atoms with Crippen molar-refractivity contribution in [3.8, 4) is 17.2 Å². The monoisotopic (exact) mass is 662 g/mol. The molecule has 0 fully saturated rings. The molecule has 0 atom stereocenters. The third-order valence-electron chi connectivity index (χ3n) is 8.50. The molecule has 0 aliphatic heterocycles. The van der Waals surface area contributed by atoms with Crippen LogP contribution in [0.3, 0.4) is 0 Å². The van der Waals surface area contributed by atoms with Gasteiger partial charge in [0.25, 0.3) is 0 Å². The molecule has 0 saturated carbocycles. The van der Waals surface area contributed by atoms with Crippen LogP contribution in [0.15, 0.2) is 54.6 Å². The predicted octanol–water partition coefficient (Wildman–Crippen LogP) is 13.1. The highest BCUT2D eigenvalue weighted by atomic mass is 31.2. The maximum atomic E-state index is 15.9. The minimum absolute atomic E-state index is 0.304. The van der Waals surface area contributed by atoms with E-state index in [0.717, 1.165) is 33.4 Å². The second-order valence-electron chi connectivity index (χ2n) is 19.3. The minimum Gasteiger partial charge on any atom is -0.385 e. The number of phosphoric acid groups is 1. The summed E-state index contributed by atoms with van der Waals surface area (Å²) >= 11 is 0. The molecule has 3 aromatic rings. The molecular formula is C42H63O4P. The summed E-state index contributed by atoms with van der Waals surface area (Å²) in [5.41, 5.74) is 3.83. The van der Waals surface area contributed by atoms with Crippen molar-refractivity contribution in [3.05, 3.63) is 88.0 Å². The lowest BCUT2D eigenvalue weighted by Gasteiger charge is -2.35. The van der Waals surface area contributed by atoms with E-state index in [0.29, 0.717) is 17.2 Å². The molecule has 3 rings (SSSR count). The molecule has 47 heavy (non-hydrogen) atoms. The number of rotatable bonds is 6. The van der Waals surface area contributed by atoms with Crippen LogP contribution in [0.1, 0.15) is 158 Å². The van der Waals surface area contributed by atoms with E-state index in [4.69, 9.17) is 13.6 Å². The van der Waals surface area contributed by atoms with E-state index in [1.54, 1.807) is 0 Å². The van der Waals surface area contributed by atoms with Crippen molar-refractivity contribution in [1.29, 1.82) is 0 Å². The Balaban J connectivity index is 2.51. The second kappa shape index (κ2) is 12.6. The number of hydrogen-bond acceptors (Lipinski definition) is 4. The molecule has 0 aliphatic rings. The molecule has 0 radical (unpaired) electrons. The Bertz CT molecular complexity index is 1330. The Labute approximate surface area is 287 Å². The SMILES string of the molecule is CC(C)(C)c1cccc(C(C)(C)C)c1OP(=O)(Oc1c(C(C)(C)C)cccc1C(C)(C)C)Oc1c(C(C)(C)C)cccc1C(C)(C)C. The van der Waals surface area contributed by atoms with Gasteiger partial charge in [-0.1, -0.05) is 179 Å². The van der Waals surface area contributed by atoms with Gasteiger partial charge in [0.05, 0.1) is 0 Å². The Morgan fingerprint density at radius 2 is 0.489 bits per heavy atom. The van der Waals surface area contributed by atoms with Gasteiger partial charge in [-0.25, -0.2) is 0 Å². The second-order valence-corrected chi connectivity index (χ2v) is 20.7. The van der Waals surface area contributed by atoms with Crippen molar-refractivity contribution < 1.29 is 18.1 Å². The van der Waals surface area contributed by atoms with Gasteiger partial charge in [0.15, 0.2) is 0 Å². The fourth-order valence-corrected chi connectivity index (χ4v) is 7.21. The van der Waals surface area contributed by atoms with Crippen LogP contribution in [-0.2, 0) is 37.1 Å². The van der Waals surface area contributed by atoms with Crippen LogP contribution < -0.4 is 13.6 Å². The Hall–Kier alpha value is -2.71. The molecule has 0 heterocycles. The van der Waals surface area contributed by atoms with Crippen LogP contribution in [0.4, 0.5) is 0 Å². The molecular weight excluding hydrogens is 599 g/mol. The van der Waals surface area contributed by atoms with Crippen LogP contribution in [0.25, 0.3) is 0 Å². The van der Waals surface area contributed by atoms with Crippen LogP contribution in [0.5, 0.6) is 17.2 Å². The molecule has 0 unspecified atom stereocenters. The average molecular weight is 663 g/mol. The molecule has 0 aromatic heterocycles. The molecule has 0 spiro atoms. The first-order valence-corrected chi connectivity index (χ1v) is 18.5. The van der Waals surface area contributed by atoms with Crippen molar-refractivity contribution in [1.82, 2.24) is 0 Å². The van der Waals surface area contributed by atoms with Gasteiger partial charge in [0.2, 0.25) is 0 Å². The fourth-order valence-electron chi connectivity index (χ4n) is 5.84. The maximum absolute atomic E-state index is 15.9.